The number of amides is 1. The van der Waals surface area contributed by atoms with Crippen molar-refractivity contribution in [1.29, 1.82) is 0 Å². The number of hydrogen-bond acceptors (Lipinski definition) is 2. The van der Waals surface area contributed by atoms with Crippen molar-refractivity contribution in [3.05, 3.63) is 57.6 Å². The maximum atomic E-state index is 12.1. The lowest BCUT2D eigenvalue weighted by Crippen LogP contribution is -2.14. The summed E-state index contributed by atoms with van der Waals surface area (Å²) in [6, 6.07) is 12.0. The predicted molar refractivity (Wildman–Crippen MR) is 91.4 cm³/mol. The summed E-state index contributed by atoms with van der Waals surface area (Å²) in [6.45, 7) is 4.01. The molecule has 0 atom stereocenters. The third-order valence-corrected chi connectivity index (χ3v) is 3.88. The van der Waals surface area contributed by atoms with E-state index in [1.807, 2.05) is 44.2 Å². The first kappa shape index (κ1) is 15.6. The molecule has 1 amide bonds. The van der Waals surface area contributed by atoms with Crippen LogP contribution in [0.25, 0.3) is 0 Å². The second kappa shape index (κ2) is 6.76. The van der Waals surface area contributed by atoms with Crippen molar-refractivity contribution in [3.8, 4) is 0 Å². The van der Waals surface area contributed by atoms with Crippen LogP contribution in [0.1, 0.15) is 23.1 Å². The maximum Gasteiger partial charge on any atom is 0.224 e. The molecule has 21 heavy (non-hydrogen) atoms. The Bertz CT molecular complexity index is 645. The molecular weight excluding hydrogens is 328 g/mol. The number of rotatable bonds is 4. The molecule has 0 spiro atoms. The number of aryl methyl sites for hydroxylation is 3. The van der Waals surface area contributed by atoms with Gasteiger partial charge in [0.2, 0.25) is 5.91 Å². The molecule has 3 N–H and O–H groups in total. The van der Waals surface area contributed by atoms with Crippen molar-refractivity contribution in [2.24, 2.45) is 0 Å². The van der Waals surface area contributed by atoms with Crippen LogP contribution in [0.5, 0.6) is 0 Å². The Balaban J connectivity index is 1.99. The summed E-state index contributed by atoms with van der Waals surface area (Å²) in [5, 5.41) is 2.88. The lowest BCUT2D eigenvalue weighted by molar-refractivity contribution is -0.116. The zero-order valence-corrected chi connectivity index (χ0v) is 13.8. The van der Waals surface area contributed by atoms with Gasteiger partial charge in [0.15, 0.2) is 0 Å². The molecule has 0 unspecified atom stereocenters. The van der Waals surface area contributed by atoms with Crippen molar-refractivity contribution in [3.63, 3.8) is 0 Å². The standard InChI is InChI=1S/C17H19BrN2O/c1-11-4-3-5-13(8-11)6-7-16(21)20-17-14(18)9-12(2)10-15(17)19/h3-5,8-10H,6-7,19H2,1-2H3,(H,20,21). The molecule has 0 bridgehead atoms. The molecule has 110 valence electrons. The molecular formula is C17H19BrN2O. The quantitative estimate of drug-likeness (QED) is 0.814. The number of benzene rings is 2. The van der Waals surface area contributed by atoms with Gasteiger partial charge in [0.1, 0.15) is 0 Å². The van der Waals surface area contributed by atoms with Gasteiger partial charge in [0, 0.05) is 10.9 Å². The number of halogens is 1. The summed E-state index contributed by atoms with van der Waals surface area (Å²) < 4.78 is 0.809. The lowest BCUT2D eigenvalue weighted by Gasteiger charge is -2.11. The smallest absolute Gasteiger partial charge is 0.224 e. The highest BCUT2D eigenvalue weighted by atomic mass is 79.9. The fraction of sp³-hybridized carbons (Fsp3) is 0.235. The lowest BCUT2D eigenvalue weighted by atomic mass is 10.1. The van der Waals surface area contributed by atoms with Gasteiger partial charge in [0.05, 0.1) is 11.4 Å². The van der Waals surface area contributed by atoms with E-state index in [-0.39, 0.29) is 5.91 Å². The third-order valence-electron chi connectivity index (χ3n) is 3.25. The highest BCUT2D eigenvalue weighted by molar-refractivity contribution is 9.10. The van der Waals surface area contributed by atoms with E-state index in [1.165, 1.54) is 11.1 Å². The van der Waals surface area contributed by atoms with Gasteiger partial charge in [-0.1, -0.05) is 29.8 Å². The Morgan fingerprint density at radius 3 is 2.62 bits per heavy atom. The molecule has 0 aromatic heterocycles. The molecule has 0 aliphatic carbocycles. The van der Waals surface area contributed by atoms with Gasteiger partial charge in [-0.25, -0.2) is 0 Å². The molecule has 0 fully saturated rings. The van der Waals surface area contributed by atoms with Gasteiger partial charge in [-0.2, -0.15) is 0 Å². The van der Waals surface area contributed by atoms with Gasteiger partial charge >= 0.3 is 0 Å². The maximum absolute atomic E-state index is 12.1. The molecule has 4 heteroatoms. The van der Waals surface area contributed by atoms with Crippen LogP contribution in [-0.4, -0.2) is 5.91 Å². The first-order valence-electron chi connectivity index (χ1n) is 6.86. The minimum Gasteiger partial charge on any atom is -0.397 e. The second-order valence-corrected chi connectivity index (χ2v) is 6.10. The van der Waals surface area contributed by atoms with Gasteiger partial charge < -0.3 is 11.1 Å². The average molecular weight is 347 g/mol. The molecule has 0 radical (unpaired) electrons. The number of anilines is 2. The third kappa shape index (κ3) is 4.33. The zero-order valence-electron chi connectivity index (χ0n) is 12.2. The van der Waals surface area contributed by atoms with E-state index in [4.69, 9.17) is 5.73 Å². The minimum atomic E-state index is -0.0345. The van der Waals surface area contributed by atoms with Crippen LogP contribution in [0, 0.1) is 13.8 Å². The van der Waals surface area contributed by atoms with E-state index in [1.54, 1.807) is 0 Å². The van der Waals surface area contributed by atoms with E-state index in [2.05, 4.69) is 27.3 Å². The number of hydrogen-bond donors (Lipinski definition) is 2. The first-order valence-corrected chi connectivity index (χ1v) is 7.66. The summed E-state index contributed by atoms with van der Waals surface area (Å²) in [5.41, 5.74) is 10.6. The molecule has 3 nitrogen and oxygen atoms in total. The van der Waals surface area contributed by atoms with Crippen molar-refractivity contribution < 1.29 is 4.79 Å². The van der Waals surface area contributed by atoms with E-state index in [0.29, 0.717) is 17.8 Å². The Hall–Kier alpha value is -1.81. The molecule has 0 saturated heterocycles. The molecule has 0 heterocycles. The Morgan fingerprint density at radius 2 is 1.95 bits per heavy atom. The molecule has 2 aromatic carbocycles. The first-order chi connectivity index (χ1) is 9.95. The number of nitrogens with two attached hydrogens (primary N) is 1. The highest BCUT2D eigenvalue weighted by Crippen LogP contribution is 2.30. The fourth-order valence-corrected chi connectivity index (χ4v) is 2.92. The van der Waals surface area contributed by atoms with E-state index in [0.717, 1.165) is 16.5 Å². The SMILES string of the molecule is Cc1cccc(CCC(=O)Nc2c(N)cc(C)cc2Br)c1. The van der Waals surface area contributed by atoms with Crippen LogP contribution >= 0.6 is 15.9 Å². The normalized spacial score (nSPS) is 10.4. The largest absolute Gasteiger partial charge is 0.397 e. The summed E-state index contributed by atoms with van der Waals surface area (Å²) in [5.74, 6) is -0.0345. The number of carbonyl (C=O) groups is 1. The monoisotopic (exact) mass is 346 g/mol. The molecule has 2 rings (SSSR count). The van der Waals surface area contributed by atoms with E-state index < -0.39 is 0 Å². The predicted octanol–water partition coefficient (Wildman–Crippen LogP) is 4.22. The van der Waals surface area contributed by atoms with Gasteiger partial charge in [-0.05, 0) is 59.5 Å². The molecule has 0 aliphatic heterocycles. The zero-order chi connectivity index (χ0) is 15.4. The van der Waals surface area contributed by atoms with Gasteiger partial charge in [-0.15, -0.1) is 0 Å². The topological polar surface area (TPSA) is 55.1 Å². The van der Waals surface area contributed by atoms with Crippen molar-refractivity contribution >= 4 is 33.2 Å². The fourth-order valence-electron chi connectivity index (χ4n) is 2.23. The molecule has 2 aromatic rings. The van der Waals surface area contributed by atoms with Crippen molar-refractivity contribution in [2.75, 3.05) is 11.1 Å². The number of nitrogens with one attached hydrogen (secondary N) is 1. The summed E-state index contributed by atoms with van der Waals surface area (Å²) in [6.07, 6.45) is 1.15. The number of nitrogen functional groups attached to an aromatic ring is 1. The molecule has 0 saturated carbocycles. The van der Waals surface area contributed by atoms with Crippen LogP contribution in [-0.2, 0) is 11.2 Å². The van der Waals surface area contributed by atoms with E-state index >= 15 is 0 Å². The van der Waals surface area contributed by atoms with Crippen LogP contribution in [0.4, 0.5) is 11.4 Å². The van der Waals surface area contributed by atoms with Gasteiger partial charge in [0.25, 0.3) is 0 Å². The van der Waals surface area contributed by atoms with Crippen molar-refractivity contribution in [2.45, 2.75) is 26.7 Å². The van der Waals surface area contributed by atoms with Crippen molar-refractivity contribution in [1.82, 2.24) is 0 Å². The Morgan fingerprint density at radius 1 is 1.19 bits per heavy atom. The Kier molecular flexibility index (Phi) is 5.02. The second-order valence-electron chi connectivity index (χ2n) is 5.25. The summed E-state index contributed by atoms with van der Waals surface area (Å²) in [7, 11) is 0. The van der Waals surface area contributed by atoms with Crippen LogP contribution < -0.4 is 11.1 Å². The minimum absolute atomic E-state index is 0.0345. The van der Waals surface area contributed by atoms with Crippen LogP contribution in [0.2, 0.25) is 0 Å². The van der Waals surface area contributed by atoms with Crippen LogP contribution in [0.15, 0.2) is 40.9 Å². The summed E-state index contributed by atoms with van der Waals surface area (Å²) in [4.78, 5) is 12.1. The highest BCUT2D eigenvalue weighted by Gasteiger charge is 2.10. The van der Waals surface area contributed by atoms with E-state index in [9.17, 15) is 4.79 Å². The van der Waals surface area contributed by atoms with Crippen LogP contribution in [0.3, 0.4) is 0 Å². The molecule has 0 aliphatic rings. The Labute approximate surface area is 133 Å². The average Bonchev–Trinajstić information content (AvgIpc) is 2.40. The number of carbonyl (C=O) groups excluding carboxylic acids is 1. The van der Waals surface area contributed by atoms with Gasteiger partial charge in [-0.3, -0.25) is 4.79 Å². The summed E-state index contributed by atoms with van der Waals surface area (Å²) >= 11 is 3.44.